The first-order valence-corrected chi connectivity index (χ1v) is 7.02. The second-order valence-electron chi connectivity index (χ2n) is 5.13. The lowest BCUT2D eigenvalue weighted by Gasteiger charge is -2.28. The lowest BCUT2D eigenvalue weighted by molar-refractivity contribution is -0.147. The Bertz CT molecular complexity index is 416. The lowest BCUT2D eigenvalue weighted by Crippen LogP contribution is -2.42. The molecule has 0 aliphatic rings. The molecule has 0 saturated carbocycles. The number of ether oxygens (including phenoxy) is 1. The van der Waals surface area contributed by atoms with Crippen LogP contribution >= 0.6 is 0 Å². The molecule has 0 aromatic heterocycles. The van der Waals surface area contributed by atoms with Crippen LogP contribution in [0.1, 0.15) is 45.7 Å². The zero-order chi connectivity index (χ0) is 14.5. The van der Waals surface area contributed by atoms with E-state index in [2.05, 4.69) is 37.4 Å². The van der Waals surface area contributed by atoms with E-state index < -0.39 is 5.54 Å². The molecule has 0 heterocycles. The van der Waals surface area contributed by atoms with Crippen molar-refractivity contribution in [1.29, 1.82) is 0 Å². The van der Waals surface area contributed by atoms with Crippen molar-refractivity contribution in [1.82, 2.24) is 0 Å². The van der Waals surface area contributed by atoms with Gasteiger partial charge in [0.25, 0.3) is 0 Å². The number of benzene rings is 1. The highest BCUT2D eigenvalue weighted by atomic mass is 16.5. The molecule has 0 amide bonds. The van der Waals surface area contributed by atoms with Crippen molar-refractivity contribution in [3.05, 3.63) is 29.3 Å². The van der Waals surface area contributed by atoms with Crippen molar-refractivity contribution in [2.24, 2.45) is 0 Å². The van der Waals surface area contributed by atoms with Crippen LogP contribution in [0.3, 0.4) is 0 Å². The Balaban J connectivity index is 3.06. The summed E-state index contributed by atoms with van der Waals surface area (Å²) in [5.74, 6) is -0.219. The molecule has 0 saturated heterocycles. The smallest absolute Gasteiger partial charge is 0.331 e. The second-order valence-corrected chi connectivity index (χ2v) is 5.13. The van der Waals surface area contributed by atoms with Gasteiger partial charge in [0.15, 0.2) is 0 Å². The van der Waals surface area contributed by atoms with E-state index in [1.54, 1.807) is 0 Å². The summed E-state index contributed by atoms with van der Waals surface area (Å²) in [4.78, 5) is 12.0. The molecular formula is C16H25NO2. The molecule has 0 aliphatic heterocycles. The summed E-state index contributed by atoms with van der Waals surface area (Å²) >= 11 is 0. The molecule has 1 aromatic carbocycles. The van der Waals surface area contributed by atoms with Gasteiger partial charge >= 0.3 is 5.97 Å². The topological polar surface area (TPSA) is 38.3 Å². The Morgan fingerprint density at radius 1 is 1.16 bits per heavy atom. The van der Waals surface area contributed by atoms with Crippen LogP contribution in [-0.4, -0.2) is 18.1 Å². The highest BCUT2D eigenvalue weighted by molar-refractivity contribution is 5.84. The van der Waals surface area contributed by atoms with E-state index >= 15 is 0 Å². The Morgan fingerprint density at radius 2 is 1.68 bits per heavy atom. The third kappa shape index (κ3) is 3.72. The molecule has 19 heavy (non-hydrogen) atoms. The van der Waals surface area contributed by atoms with E-state index in [-0.39, 0.29) is 5.97 Å². The molecule has 3 nitrogen and oxygen atoms in total. The summed E-state index contributed by atoms with van der Waals surface area (Å²) in [6.07, 6.45) is 1.88. The third-order valence-corrected chi connectivity index (χ3v) is 3.22. The largest absolute Gasteiger partial charge is 0.464 e. The molecule has 1 aromatic rings. The van der Waals surface area contributed by atoms with E-state index in [0.717, 1.165) is 18.5 Å². The fraction of sp³-hybridized carbons (Fsp3) is 0.562. The number of esters is 1. The Labute approximate surface area is 116 Å². The highest BCUT2D eigenvalue weighted by Gasteiger charge is 2.30. The summed E-state index contributed by atoms with van der Waals surface area (Å²) in [7, 11) is 0. The quantitative estimate of drug-likeness (QED) is 0.797. The van der Waals surface area contributed by atoms with Crippen LogP contribution in [-0.2, 0) is 22.4 Å². The van der Waals surface area contributed by atoms with Crippen molar-refractivity contribution in [3.8, 4) is 0 Å². The second kappa shape index (κ2) is 6.60. The van der Waals surface area contributed by atoms with Gasteiger partial charge in [-0.15, -0.1) is 0 Å². The fourth-order valence-corrected chi connectivity index (χ4v) is 2.08. The van der Waals surface area contributed by atoms with Crippen molar-refractivity contribution in [2.75, 3.05) is 11.9 Å². The van der Waals surface area contributed by atoms with Crippen LogP contribution in [0.15, 0.2) is 18.2 Å². The highest BCUT2D eigenvalue weighted by Crippen LogP contribution is 2.26. The van der Waals surface area contributed by atoms with Crippen LogP contribution in [0.5, 0.6) is 0 Å². The monoisotopic (exact) mass is 263 g/mol. The molecule has 3 heteroatoms. The van der Waals surface area contributed by atoms with Gasteiger partial charge < -0.3 is 10.1 Å². The lowest BCUT2D eigenvalue weighted by atomic mass is 9.99. The van der Waals surface area contributed by atoms with Gasteiger partial charge in [0.2, 0.25) is 0 Å². The van der Waals surface area contributed by atoms with Crippen LogP contribution < -0.4 is 5.32 Å². The van der Waals surface area contributed by atoms with Crippen LogP contribution in [0.25, 0.3) is 0 Å². The standard InChI is InChI=1S/C16H25NO2/c1-6-12-10-9-11-13(7-2)14(12)17-16(4,5)15(18)19-8-3/h9-11,17H,6-8H2,1-5H3. The van der Waals surface area contributed by atoms with Crippen molar-refractivity contribution < 1.29 is 9.53 Å². The number of hydrogen-bond acceptors (Lipinski definition) is 3. The van der Waals surface area contributed by atoms with E-state index in [9.17, 15) is 4.79 Å². The molecule has 0 aliphatic carbocycles. The first-order valence-electron chi connectivity index (χ1n) is 7.02. The van der Waals surface area contributed by atoms with Crippen LogP contribution in [0.4, 0.5) is 5.69 Å². The SMILES string of the molecule is CCOC(=O)C(C)(C)Nc1c(CC)cccc1CC. The number of hydrogen-bond donors (Lipinski definition) is 1. The zero-order valence-corrected chi connectivity index (χ0v) is 12.7. The molecular weight excluding hydrogens is 238 g/mol. The maximum absolute atomic E-state index is 12.0. The van der Waals surface area contributed by atoms with Gasteiger partial charge in [-0.25, -0.2) is 4.79 Å². The van der Waals surface area contributed by atoms with Crippen LogP contribution in [0.2, 0.25) is 0 Å². The van der Waals surface area contributed by atoms with Crippen molar-refractivity contribution >= 4 is 11.7 Å². The number of carbonyl (C=O) groups excluding carboxylic acids is 1. The minimum atomic E-state index is -0.717. The summed E-state index contributed by atoms with van der Waals surface area (Å²) in [6, 6.07) is 6.27. The van der Waals surface area contributed by atoms with Crippen LogP contribution in [0, 0.1) is 0 Å². The molecule has 0 atom stereocenters. The zero-order valence-electron chi connectivity index (χ0n) is 12.7. The Hall–Kier alpha value is -1.51. The van der Waals surface area contributed by atoms with E-state index in [1.165, 1.54) is 11.1 Å². The van der Waals surface area contributed by atoms with Crippen molar-refractivity contribution in [3.63, 3.8) is 0 Å². The third-order valence-electron chi connectivity index (χ3n) is 3.22. The van der Waals surface area contributed by atoms with Gasteiger partial charge in [0.05, 0.1) is 6.61 Å². The molecule has 106 valence electrons. The number of para-hydroxylation sites is 1. The first-order chi connectivity index (χ1) is 8.96. The van der Waals surface area contributed by atoms with Gasteiger partial charge in [0.1, 0.15) is 5.54 Å². The molecule has 0 radical (unpaired) electrons. The average molecular weight is 263 g/mol. The first kappa shape index (κ1) is 15.5. The summed E-state index contributed by atoms with van der Waals surface area (Å²) in [5.41, 5.74) is 2.82. The minimum absolute atomic E-state index is 0.219. The maximum Gasteiger partial charge on any atom is 0.331 e. The maximum atomic E-state index is 12.0. The number of aryl methyl sites for hydroxylation is 2. The van der Waals surface area contributed by atoms with E-state index in [4.69, 9.17) is 4.74 Å². The normalized spacial score (nSPS) is 11.2. The number of nitrogens with one attached hydrogen (secondary N) is 1. The van der Waals surface area contributed by atoms with Crippen molar-refractivity contribution in [2.45, 2.75) is 53.0 Å². The van der Waals surface area contributed by atoms with Gasteiger partial charge in [-0.05, 0) is 44.7 Å². The number of rotatable bonds is 6. The minimum Gasteiger partial charge on any atom is -0.464 e. The molecule has 0 spiro atoms. The number of carbonyl (C=O) groups is 1. The molecule has 1 rings (SSSR count). The van der Waals surface area contributed by atoms with Gasteiger partial charge in [-0.3, -0.25) is 0 Å². The molecule has 0 fully saturated rings. The van der Waals surface area contributed by atoms with Gasteiger partial charge in [-0.2, -0.15) is 0 Å². The molecule has 1 N–H and O–H groups in total. The molecule has 0 bridgehead atoms. The summed E-state index contributed by atoms with van der Waals surface area (Å²) in [5, 5.41) is 3.37. The fourth-order valence-electron chi connectivity index (χ4n) is 2.08. The molecule has 0 unspecified atom stereocenters. The average Bonchev–Trinajstić information content (AvgIpc) is 2.38. The summed E-state index contributed by atoms with van der Waals surface area (Å²) < 4.78 is 5.12. The Morgan fingerprint density at radius 3 is 2.11 bits per heavy atom. The van der Waals surface area contributed by atoms with E-state index in [0.29, 0.717) is 6.61 Å². The van der Waals surface area contributed by atoms with Gasteiger partial charge in [0, 0.05) is 5.69 Å². The summed E-state index contributed by atoms with van der Waals surface area (Å²) in [6.45, 7) is 10.2. The van der Waals surface area contributed by atoms with Gasteiger partial charge in [-0.1, -0.05) is 32.0 Å². The Kier molecular flexibility index (Phi) is 5.40. The predicted molar refractivity (Wildman–Crippen MR) is 79.5 cm³/mol. The number of anilines is 1. The predicted octanol–water partition coefficient (Wildman–Crippen LogP) is 3.57. The van der Waals surface area contributed by atoms with E-state index in [1.807, 2.05) is 20.8 Å².